The number of benzene rings is 1. The van der Waals surface area contributed by atoms with Gasteiger partial charge in [0.2, 0.25) is 0 Å². The lowest BCUT2D eigenvalue weighted by molar-refractivity contribution is 0.264. The van der Waals surface area contributed by atoms with Crippen LogP contribution in [0.1, 0.15) is 51.5 Å². The third-order valence-electron chi connectivity index (χ3n) is 4.64. The van der Waals surface area contributed by atoms with Crippen LogP contribution in [0.3, 0.4) is 0 Å². The zero-order valence-electron chi connectivity index (χ0n) is 12.2. The van der Waals surface area contributed by atoms with E-state index in [1.807, 2.05) is 28.7 Å². The Hall–Kier alpha value is -0.430. The van der Waals surface area contributed by atoms with E-state index in [2.05, 4.69) is 16.5 Å². The van der Waals surface area contributed by atoms with Gasteiger partial charge in [0.1, 0.15) is 5.82 Å². The topological polar surface area (TPSA) is 20.7 Å². The minimum atomic E-state index is -0.162. The second kappa shape index (κ2) is 6.36. The second-order valence-corrected chi connectivity index (χ2v) is 7.60. The molecule has 1 aromatic carbocycles. The van der Waals surface area contributed by atoms with Crippen LogP contribution >= 0.6 is 34.8 Å². The molecule has 2 nitrogen and oxygen atoms in total. The molecular weight excluding hydrogens is 398 g/mol. The molecule has 0 unspecified atom stereocenters. The summed E-state index contributed by atoms with van der Waals surface area (Å²) >= 11 is 7.50. The van der Waals surface area contributed by atoms with Crippen LogP contribution in [0.5, 0.6) is 0 Å². The van der Waals surface area contributed by atoms with Crippen LogP contribution in [-0.4, -0.2) is 9.55 Å². The first-order valence-electron chi connectivity index (χ1n) is 7.69. The van der Waals surface area contributed by atoms with Crippen molar-refractivity contribution in [2.24, 2.45) is 5.92 Å². The number of hydrogen-bond donors (Lipinski definition) is 1. The highest BCUT2D eigenvalue weighted by atomic mass is 127. The molecule has 1 fully saturated rings. The predicted octanol–water partition coefficient (Wildman–Crippen LogP) is 5.97. The number of H-pyrrole nitrogens is 1. The normalized spacial score (nSPS) is 22.8. The highest BCUT2D eigenvalue weighted by Crippen LogP contribution is 2.36. The molecule has 3 rings (SSSR count). The van der Waals surface area contributed by atoms with Crippen LogP contribution in [-0.2, 0) is 0 Å². The van der Waals surface area contributed by atoms with Gasteiger partial charge in [-0.15, -0.1) is 0 Å². The van der Waals surface area contributed by atoms with E-state index in [0.29, 0.717) is 9.61 Å². The minimum absolute atomic E-state index is 0.162. The summed E-state index contributed by atoms with van der Waals surface area (Å²) in [6, 6.07) is 3.89. The summed E-state index contributed by atoms with van der Waals surface area (Å²) in [5.41, 5.74) is 1.86. The molecule has 1 aromatic heterocycles. The molecule has 5 heteroatoms. The lowest BCUT2D eigenvalue weighted by atomic mass is 9.83. The van der Waals surface area contributed by atoms with Gasteiger partial charge in [-0.05, 0) is 72.5 Å². The Labute approximate surface area is 143 Å². The van der Waals surface area contributed by atoms with Gasteiger partial charge in [0.25, 0.3) is 0 Å². The number of imidazole rings is 1. The quantitative estimate of drug-likeness (QED) is 0.481. The molecule has 0 saturated heterocycles. The first-order chi connectivity index (χ1) is 10.1. The largest absolute Gasteiger partial charge is 0.331 e. The van der Waals surface area contributed by atoms with E-state index in [0.717, 1.165) is 34.6 Å². The number of halogens is 2. The van der Waals surface area contributed by atoms with Crippen LogP contribution in [0.4, 0.5) is 4.39 Å². The summed E-state index contributed by atoms with van der Waals surface area (Å²) in [6.45, 7) is 2.26. The van der Waals surface area contributed by atoms with Crippen molar-refractivity contribution >= 4 is 45.8 Å². The van der Waals surface area contributed by atoms with Gasteiger partial charge >= 0.3 is 0 Å². The Morgan fingerprint density at radius 2 is 2.05 bits per heavy atom. The van der Waals surface area contributed by atoms with Crippen LogP contribution in [0.15, 0.2) is 12.1 Å². The summed E-state index contributed by atoms with van der Waals surface area (Å²) in [4.78, 5) is 3.24. The molecule has 0 aliphatic heterocycles. The van der Waals surface area contributed by atoms with Crippen molar-refractivity contribution in [1.82, 2.24) is 9.55 Å². The molecule has 0 radical (unpaired) electrons. The zero-order chi connectivity index (χ0) is 15.0. The van der Waals surface area contributed by atoms with Crippen LogP contribution in [0, 0.1) is 20.1 Å². The summed E-state index contributed by atoms with van der Waals surface area (Å²) in [6.07, 6.45) is 7.43. The Morgan fingerprint density at radius 1 is 1.33 bits per heavy atom. The van der Waals surface area contributed by atoms with Crippen molar-refractivity contribution in [2.75, 3.05) is 0 Å². The number of aromatic amines is 1. The van der Waals surface area contributed by atoms with Crippen LogP contribution in [0.25, 0.3) is 11.0 Å². The molecule has 0 bridgehead atoms. The minimum Gasteiger partial charge on any atom is -0.331 e. The molecule has 21 heavy (non-hydrogen) atoms. The summed E-state index contributed by atoms with van der Waals surface area (Å²) in [7, 11) is 0. The number of aromatic nitrogens is 2. The highest BCUT2D eigenvalue weighted by molar-refractivity contribution is 14.1. The third kappa shape index (κ3) is 3.04. The highest BCUT2D eigenvalue weighted by Gasteiger charge is 2.24. The average molecular weight is 418 g/mol. The maximum Gasteiger partial charge on any atom is 0.178 e. The number of fused-ring (bicyclic) bond motifs is 1. The van der Waals surface area contributed by atoms with Crippen LogP contribution in [0.2, 0.25) is 0 Å². The van der Waals surface area contributed by atoms with Gasteiger partial charge in [-0.2, -0.15) is 0 Å². The standard InChI is InChI=1S/C16H20FIN2S/c1-2-3-10-4-6-11(7-5-10)20-15-8-12(17)13(18)9-14(15)19-16(20)21/h8-11H,2-7H2,1H3,(H,19,21). The van der Waals surface area contributed by atoms with E-state index >= 15 is 0 Å². The second-order valence-electron chi connectivity index (χ2n) is 6.05. The molecule has 0 amide bonds. The zero-order valence-corrected chi connectivity index (χ0v) is 15.1. The van der Waals surface area contributed by atoms with Gasteiger partial charge in [-0.25, -0.2) is 4.39 Å². The molecule has 1 heterocycles. The molecule has 1 saturated carbocycles. The Kier molecular flexibility index (Phi) is 4.69. The Bertz CT molecular complexity index is 698. The number of hydrogen-bond acceptors (Lipinski definition) is 1. The van der Waals surface area contributed by atoms with Gasteiger partial charge in [0, 0.05) is 12.1 Å². The fraction of sp³-hybridized carbons (Fsp3) is 0.562. The van der Waals surface area contributed by atoms with E-state index in [1.54, 1.807) is 6.07 Å². The van der Waals surface area contributed by atoms with Crippen molar-refractivity contribution < 1.29 is 4.39 Å². The maximum atomic E-state index is 13.9. The molecule has 0 atom stereocenters. The van der Waals surface area contributed by atoms with Crippen molar-refractivity contribution in [3.63, 3.8) is 0 Å². The molecule has 1 aliphatic rings. The van der Waals surface area contributed by atoms with Gasteiger partial charge in [0.15, 0.2) is 4.77 Å². The number of nitrogens with one attached hydrogen (secondary N) is 1. The van der Waals surface area contributed by atoms with Crippen molar-refractivity contribution in [3.05, 3.63) is 26.3 Å². The van der Waals surface area contributed by atoms with E-state index in [4.69, 9.17) is 12.2 Å². The fourth-order valence-corrected chi connectivity index (χ4v) is 4.41. The maximum absolute atomic E-state index is 13.9. The van der Waals surface area contributed by atoms with Gasteiger partial charge in [-0.1, -0.05) is 19.8 Å². The Morgan fingerprint density at radius 3 is 2.71 bits per heavy atom. The molecule has 1 aliphatic carbocycles. The predicted molar refractivity (Wildman–Crippen MR) is 95.7 cm³/mol. The Balaban J connectivity index is 1.92. The van der Waals surface area contributed by atoms with Gasteiger partial charge in [0.05, 0.1) is 14.6 Å². The molecule has 1 N–H and O–H groups in total. The number of nitrogens with zero attached hydrogens (tertiary/aromatic N) is 1. The molecule has 114 valence electrons. The molecule has 2 aromatic rings. The van der Waals surface area contributed by atoms with E-state index in [9.17, 15) is 4.39 Å². The molecular formula is C16H20FIN2S. The smallest absolute Gasteiger partial charge is 0.178 e. The summed E-state index contributed by atoms with van der Waals surface area (Å²) in [5.74, 6) is 0.703. The van der Waals surface area contributed by atoms with Gasteiger partial charge in [-0.3, -0.25) is 0 Å². The average Bonchev–Trinajstić information content (AvgIpc) is 2.76. The fourth-order valence-electron chi connectivity index (χ4n) is 3.58. The van der Waals surface area contributed by atoms with E-state index in [1.165, 1.54) is 25.7 Å². The number of rotatable bonds is 3. The third-order valence-corrected chi connectivity index (χ3v) is 5.76. The van der Waals surface area contributed by atoms with Crippen molar-refractivity contribution in [1.29, 1.82) is 0 Å². The lowest BCUT2D eigenvalue weighted by Crippen LogP contribution is -2.18. The summed E-state index contributed by atoms with van der Waals surface area (Å²) < 4.78 is 17.4. The van der Waals surface area contributed by atoms with Crippen molar-refractivity contribution in [3.8, 4) is 0 Å². The van der Waals surface area contributed by atoms with Crippen LogP contribution < -0.4 is 0 Å². The van der Waals surface area contributed by atoms with Gasteiger partial charge < -0.3 is 9.55 Å². The molecule has 0 spiro atoms. The SMILES string of the molecule is CCCC1CCC(n2c(=S)[nH]c3cc(I)c(F)cc32)CC1. The first-order valence-corrected chi connectivity index (χ1v) is 9.18. The van der Waals surface area contributed by atoms with Crippen molar-refractivity contribution in [2.45, 2.75) is 51.5 Å². The first kappa shape index (κ1) is 15.5. The van der Waals surface area contributed by atoms with E-state index in [-0.39, 0.29) is 5.82 Å². The monoisotopic (exact) mass is 418 g/mol. The summed E-state index contributed by atoms with van der Waals surface area (Å²) in [5, 5.41) is 0. The lowest BCUT2D eigenvalue weighted by Gasteiger charge is -2.29. The van der Waals surface area contributed by atoms with E-state index < -0.39 is 0 Å².